The lowest BCUT2D eigenvalue weighted by Crippen LogP contribution is -2.11. The van der Waals surface area contributed by atoms with Crippen molar-refractivity contribution in [1.29, 1.82) is 0 Å². The van der Waals surface area contributed by atoms with Crippen LogP contribution in [0.2, 0.25) is 0 Å². The topological polar surface area (TPSA) is 55.8 Å². The highest BCUT2D eigenvalue weighted by atomic mass is 32.1. The number of carboxylic acid groups (broad SMARTS) is 1. The Morgan fingerprint density at radius 2 is 2.36 bits per heavy atom. The summed E-state index contributed by atoms with van der Waals surface area (Å²) in [6, 6.07) is 8.09. The molecule has 0 amide bonds. The number of hydrogen-bond acceptors (Lipinski definition) is 4. The first-order chi connectivity index (χ1) is 10.6. The molecule has 1 aromatic carbocycles. The number of ether oxygens (including phenoxy) is 2. The zero-order chi connectivity index (χ0) is 15.5. The van der Waals surface area contributed by atoms with Crippen molar-refractivity contribution in [3.05, 3.63) is 46.3 Å². The number of thiophene rings is 1. The van der Waals surface area contributed by atoms with Crippen molar-refractivity contribution in [3.8, 4) is 10.4 Å². The molecule has 1 aromatic heterocycles. The van der Waals surface area contributed by atoms with Gasteiger partial charge in [0.2, 0.25) is 0 Å². The molecule has 4 nitrogen and oxygen atoms in total. The minimum atomic E-state index is -0.874. The van der Waals surface area contributed by atoms with Gasteiger partial charge in [0.25, 0.3) is 0 Å². The Balaban J connectivity index is 1.77. The molecule has 1 aliphatic heterocycles. The van der Waals surface area contributed by atoms with Gasteiger partial charge in [0.1, 0.15) is 0 Å². The van der Waals surface area contributed by atoms with E-state index in [1.54, 1.807) is 5.38 Å². The van der Waals surface area contributed by atoms with Crippen molar-refractivity contribution in [1.82, 2.24) is 0 Å². The van der Waals surface area contributed by atoms with Gasteiger partial charge in [-0.3, -0.25) is 0 Å². The maximum Gasteiger partial charge on any atom is 0.336 e. The van der Waals surface area contributed by atoms with Crippen molar-refractivity contribution >= 4 is 17.3 Å². The molecule has 22 heavy (non-hydrogen) atoms. The Morgan fingerprint density at radius 3 is 3.05 bits per heavy atom. The molecule has 1 fully saturated rings. The van der Waals surface area contributed by atoms with E-state index in [0.717, 1.165) is 34.6 Å². The van der Waals surface area contributed by atoms with Crippen LogP contribution in [0.25, 0.3) is 10.4 Å². The molecule has 1 aliphatic rings. The molecule has 1 unspecified atom stereocenters. The normalized spacial score (nSPS) is 17.8. The molecule has 0 bridgehead atoms. The van der Waals surface area contributed by atoms with E-state index in [-0.39, 0.29) is 6.10 Å². The lowest BCUT2D eigenvalue weighted by atomic mass is 10.1. The van der Waals surface area contributed by atoms with Crippen LogP contribution in [0.3, 0.4) is 0 Å². The minimum Gasteiger partial charge on any atom is -0.478 e. The molecule has 2 heterocycles. The second-order valence-corrected chi connectivity index (χ2v) is 6.29. The largest absolute Gasteiger partial charge is 0.478 e. The van der Waals surface area contributed by atoms with E-state index < -0.39 is 5.97 Å². The number of hydrogen-bond donors (Lipinski definition) is 1. The van der Waals surface area contributed by atoms with Gasteiger partial charge in [-0.1, -0.05) is 18.2 Å². The highest BCUT2D eigenvalue weighted by Gasteiger charge is 2.17. The average molecular weight is 318 g/mol. The van der Waals surface area contributed by atoms with Crippen molar-refractivity contribution in [2.24, 2.45) is 0 Å². The van der Waals surface area contributed by atoms with Crippen molar-refractivity contribution in [3.63, 3.8) is 0 Å². The van der Waals surface area contributed by atoms with Crippen LogP contribution in [-0.4, -0.2) is 30.4 Å². The number of aromatic carboxylic acids is 1. The summed E-state index contributed by atoms with van der Waals surface area (Å²) in [5.41, 5.74) is 3.33. The van der Waals surface area contributed by atoms with Gasteiger partial charge in [0.05, 0.1) is 24.9 Å². The molecule has 2 aromatic rings. The molecule has 0 spiro atoms. The molecule has 1 N–H and O–H groups in total. The van der Waals surface area contributed by atoms with E-state index >= 15 is 0 Å². The predicted octanol–water partition coefficient (Wildman–Crippen LogP) is 3.73. The first-order valence-electron chi connectivity index (χ1n) is 7.25. The van der Waals surface area contributed by atoms with Crippen LogP contribution in [0.4, 0.5) is 0 Å². The fourth-order valence-electron chi connectivity index (χ4n) is 2.57. The Morgan fingerprint density at radius 1 is 1.50 bits per heavy atom. The van der Waals surface area contributed by atoms with Crippen molar-refractivity contribution in [2.45, 2.75) is 26.1 Å². The first-order valence-corrected chi connectivity index (χ1v) is 8.13. The third-order valence-corrected chi connectivity index (χ3v) is 4.96. The van der Waals surface area contributed by atoms with Crippen LogP contribution in [0.15, 0.2) is 29.6 Å². The van der Waals surface area contributed by atoms with Crippen LogP contribution in [0.1, 0.15) is 27.9 Å². The van der Waals surface area contributed by atoms with E-state index in [0.29, 0.717) is 18.8 Å². The van der Waals surface area contributed by atoms with Gasteiger partial charge in [0, 0.05) is 16.9 Å². The maximum atomic E-state index is 11.2. The van der Waals surface area contributed by atoms with Gasteiger partial charge in [0.15, 0.2) is 0 Å². The molecule has 5 heteroatoms. The molecule has 3 rings (SSSR count). The summed E-state index contributed by atoms with van der Waals surface area (Å²) in [5, 5.41) is 10.9. The SMILES string of the molecule is Cc1c(C(=O)O)csc1-c1cccc(COC2CCOC2)c1. The monoisotopic (exact) mass is 318 g/mol. The summed E-state index contributed by atoms with van der Waals surface area (Å²) in [5.74, 6) is -0.874. The van der Waals surface area contributed by atoms with Gasteiger partial charge in [-0.05, 0) is 36.1 Å². The van der Waals surface area contributed by atoms with Crippen LogP contribution in [0.5, 0.6) is 0 Å². The highest BCUT2D eigenvalue weighted by Crippen LogP contribution is 2.33. The summed E-state index contributed by atoms with van der Waals surface area (Å²) in [6.07, 6.45) is 1.14. The van der Waals surface area contributed by atoms with Crippen LogP contribution in [-0.2, 0) is 16.1 Å². The lowest BCUT2D eigenvalue weighted by Gasteiger charge is -2.10. The molecule has 0 saturated carbocycles. The fraction of sp³-hybridized carbons (Fsp3) is 0.353. The van der Waals surface area contributed by atoms with E-state index in [2.05, 4.69) is 6.07 Å². The Kier molecular flexibility index (Phi) is 4.57. The van der Waals surface area contributed by atoms with E-state index in [1.165, 1.54) is 11.3 Å². The average Bonchev–Trinajstić information content (AvgIpc) is 3.14. The molecule has 116 valence electrons. The molecular weight excluding hydrogens is 300 g/mol. The van der Waals surface area contributed by atoms with Crippen LogP contribution < -0.4 is 0 Å². The van der Waals surface area contributed by atoms with Gasteiger partial charge in [-0.25, -0.2) is 4.79 Å². The van der Waals surface area contributed by atoms with Crippen molar-refractivity contribution in [2.75, 3.05) is 13.2 Å². The second-order valence-electron chi connectivity index (χ2n) is 5.41. The number of carboxylic acids is 1. The zero-order valence-electron chi connectivity index (χ0n) is 12.4. The summed E-state index contributed by atoms with van der Waals surface area (Å²) >= 11 is 1.47. The van der Waals surface area contributed by atoms with E-state index in [4.69, 9.17) is 14.6 Å². The van der Waals surface area contributed by atoms with Gasteiger partial charge < -0.3 is 14.6 Å². The summed E-state index contributed by atoms with van der Waals surface area (Å²) in [6.45, 7) is 3.86. The Labute approximate surface area is 133 Å². The van der Waals surface area contributed by atoms with Crippen LogP contribution in [0, 0.1) is 6.92 Å². The molecule has 1 saturated heterocycles. The summed E-state index contributed by atoms with van der Waals surface area (Å²) in [7, 11) is 0. The van der Waals surface area contributed by atoms with Gasteiger partial charge in [-0.2, -0.15) is 0 Å². The van der Waals surface area contributed by atoms with E-state index in [9.17, 15) is 4.79 Å². The molecular formula is C17H18O4S. The number of benzene rings is 1. The molecule has 0 radical (unpaired) electrons. The van der Waals surface area contributed by atoms with Crippen molar-refractivity contribution < 1.29 is 19.4 Å². The molecule has 1 atom stereocenters. The third-order valence-electron chi connectivity index (χ3n) is 3.83. The Hall–Kier alpha value is -1.69. The van der Waals surface area contributed by atoms with Gasteiger partial charge in [-0.15, -0.1) is 11.3 Å². The smallest absolute Gasteiger partial charge is 0.336 e. The zero-order valence-corrected chi connectivity index (χ0v) is 13.2. The predicted molar refractivity (Wildman–Crippen MR) is 85.5 cm³/mol. The number of rotatable bonds is 5. The lowest BCUT2D eigenvalue weighted by molar-refractivity contribution is 0.0318. The first kappa shape index (κ1) is 15.2. The number of carbonyl (C=O) groups is 1. The Bertz CT molecular complexity index is 671. The summed E-state index contributed by atoms with van der Waals surface area (Å²) < 4.78 is 11.1. The van der Waals surface area contributed by atoms with Gasteiger partial charge >= 0.3 is 5.97 Å². The summed E-state index contributed by atoms with van der Waals surface area (Å²) in [4.78, 5) is 12.2. The quantitative estimate of drug-likeness (QED) is 0.912. The third kappa shape index (κ3) is 3.21. The standard InChI is InChI=1S/C17H18O4S/c1-11-15(17(18)19)10-22-16(11)13-4-2-3-12(7-13)8-21-14-5-6-20-9-14/h2-4,7,10,14H,5-6,8-9H2,1H3,(H,18,19). The van der Waals surface area contributed by atoms with E-state index in [1.807, 2.05) is 25.1 Å². The fourth-order valence-corrected chi connectivity index (χ4v) is 3.64. The second kappa shape index (κ2) is 6.60. The molecule has 0 aliphatic carbocycles. The maximum absolute atomic E-state index is 11.2. The highest BCUT2D eigenvalue weighted by molar-refractivity contribution is 7.14. The van der Waals surface area contributed by atoms with Crippen LogP contribution >= 0.6 is 11.3 Å². The minimum absolute atomic E-state index is 0.186.